The molecule has 3 aromatic carbocycles. The second-order valence-corrected chi connectivity index (χ2v) is 10.3. The van der Waals surface area contributed by atoms with Crippen LogP contribution in [-0.4, -0.2) is 50.6 Å². The van der Waals surface area contributed by atoms with Crippen molar-refractivity contribution in [3.63, 3.8) is 0 Å². The molecular weight excluding hydrogens is 506 g/mol. The van der Waals surface area contributed by atoms with Crippen LogP contribution in [0.15, 0.2) is 102 Å². The first kappa shape index (κ1) is 25.9. The van der Waals surface area contributed by atoms with Gasteiger partial charge in [0.15, 0.2) is 11.2 Å². The summed E-state index contributed by atoms with van der Waals surface area (Å²) in [5, 5.41) is 11.1. The van der Waals surface area contributed by atoms with Crippen molar-refractivity contribution < 1.29 is 14.6 Å². The predicted molar refractivity (Wildman–Crippen MR) is 152 cm³/mol. The van der Waals surface area contributed by atoms with Gasteiger partial charge in [-0.1, -0.05) is 91.0 Å². The van der Waals surface area contributed by atoms with Crippen LogP contribution in [0.3, 0.4) is 0 Å². The number of aromatic nitrogens is 4. The Morgan fingerprint density at radius 3 is 2.02 bits per heavy atom. The number of aliphatic hydroxyl groups excluding tert-OH is 1. The summed E-state index contributed by atoms with van der Waals surface area (Å²) < 4.78 is 14.7. The molecule has 1 saturated carbocycles. The molecule has 0 unspecified atom stereocenters. The maximum absolute atomic E-state index is 12.6. The smallest absolute Gasteiger partial charge is 0.280 e. The van der Waals surface area contributed by atoms with Gasteiger partial charge >= 0.3 is 0 Å². The number of hydrogen-bond donors (Lipinski definition) is 3. The molecule has 1 aliphatic carbocycles. The summed E-state index contributed by atoms with van der Waals surface area (Å²) >= 11 is 0. The van der Waals surface area contributed by atoms with Gasteiger partial charge in [0.25, 0.3) is 5.56 Å². The van der Waals surface area contributed by atoms with Crippen LogP contribution in [0.1, 0.15) is 29.5 Å². The first-order valence-corrected chi connectivity index (χ1v) is 13.2. The summed E-state index contributed by atoms with van der Waals surface area (Å²) in [4.78, 5) is 23.9. The van der Waals surface area contributed by atoms with Crippen LogP contribution < -0.4 is 11.3 Å². The number of methoxy groups -OCH3 is 1. The topological polar surface area (TPSA) is 128 Å². The lowest BCUT2D eigenvalue weighted by Crippen LogP contribution is -2.42. The zero-order chi connectivity index (χ0) is 27.7. The van der Waals surface area contributed by atoms with Gasteiger partial charge in [-0.3, -0.25) is 9.78 Å². The quantitative estimate of drug-likeness (QED) is 0.258. The Hall–Kier alpha value is -4.31. The Morgan fingerprint density at radius 2 is 1.52 bits per heavy atom. The number of nitrogens with two attached hydrogens (primary N) is 1. The second-order valence-electron chi connectivity index (χ2n) is 10.3. The number of nitrogens with zero attached hydrogens (tertiary/aromatic N) is 3. The number of nitrogen functional groups attached to an aromatic ring is 1. The molecule has 204 valence electrons. The van der Waals surface area contributed by atoms with Crippen LogP contribution in [0.25, 0.3) is 11.2 Å². The number of ether oxygens (including phenoxy) is 2. The Morgan fingerprint density at radius 1 is 0.975 bits per heavy atom. The lowest BCUT2D eigenvalue weighted by atomic mass is 9.79. The standard InChI is InChI=1S/C31H31N5O4/c1-39-25-18-30(17-24(25)37,36-20-33-26-27(36)34-29(32)35-28(26)38)19-40-31(21-11-5-2-6-12-21,22-13-7-3-8-14-22)23-15-9-4-10-16-23/h2-16,20,24-25,37H,17-19H2,1H3,(H3,32,34,35,38)/t24-,25+,30+/m0/s1. The summed E-state index contributed by atoms with van der Waals surface area (Å²) in [5.74, 6) is -0.00985. The molecule has 6 rings (SSSR count). The minimum atomic E-state index is -0.979. The molecule has 3 atom stereocenters. The maximum Gasteiger partial charge on any atom is 0.280 e. The van der Waals surface area contributed by atoms with E-state index < -0.39 is 28.9 Å². The average molecular weight is 538 g/mol. The number of rotatable bonds is 8. The van der Waals surface area contributed by atoms with Gasteiger partial charge in [0.2, 0.25) is 5.95 Å². The Balaban J connectivity index is 1.54. The highest BCUT2D eigenvalue weighted by atomic mass is 16.5. The van der Waals surface area contributed by atoms with Crippen LogP contribution in [0.5, 0.6) is 0 Å². The van der Waals surface area contributed by atoms with Crippen molar-refractivity contribution in [3.8, 4) is 0 Å². The molecule has 0 amide bonds. The zero-order valence-corrected chi connectivity index (χ0v) is 22.1. The lowest BCUT2D eigenvalue weighted by Gasteiger charge is -2.40. The maximum atomic E-state index is 12.6. The van der Waals surface area contributed by atoms with Gasteiger partial charge in [-0.2, -0.15) is 4.98 Å². The summed E-state index contributed by atoms with van der Waals surface area (Å²) in [6.45, 7) is 0.155. The number of nitrogens with one attached hydrogen (secondary N) is 1. The first-order chi connectivity index (χ1) is 19.5. The Kier molecular flexibility index (Phi) is 6.71. The van der Waals surface area contributed by atoms with E-state index in [1.165, 1.54) is 0 Å². The zero-order valence-electron chi connectivity index (χ0n) is 22.1. The van der Waals surface area contributed by atoms with Crippen molar-refractivity contribution in [1.82, 2.24) is 19.5 Å². The first-order valence-electron chi connectivity index (χ1n) is 13.2. The summed E-state index contributed by atoms with van der Waals surface area (Å²) in [6, 6.07) is 30.3. The number of fused-ring (bicyclic) bond motifs is 1. The van der Waals surface area contributed by atoms with E-state index in [-0.39, 0.29) is 18.1 Å². The van der Waals surface area contributed by atoms with Crippen LogP contribution >= 0.6 is 0 Å². The van der Waals surface area contributed by atoms with Crippen LogP contribution in [-0.2, 0) is 20.6 Å². The molecule has 4 N–H and O–H groups in total. The van der Waals surface area contributed by atoms with E-state index in [0.717, 1.165) is 16.7 Å². The molecule has 0 radical (unpaired) electrons. The molecule has 2 heterocycles. The number of hydrogen-bond acceptors (Lipinski definition) is 7. The fourth-order valence-corrected chi connectivity index (χ4v) is 6.02. The van der Waals surface area contributed by atoms with Gasteiger partial charge in [0.05, 0.1) is 30.7 Å². The molecule has 0 spiro atoms. The van der Waals surface area contributed by atoms with E-state index in [0.29, 0.717) is 18.5 Å². The molecule has 2 aromatic heterocycles. The highest BCUT2D eigenvalue weighted by Gasteiger charge is 2.50. The predicted octanol–water partition coefficient (Wildman–Crippen LogP) is 3.58. The van der Waals surface area contributed by atoms with Gasteiger partial charge in [0, 0.05) is 20.0 Å². The fraction of sp³-hybridized carbons (Fsp3) is 0.258. The van der Waals surface area contributed by atoms with E-state index in [9.17, 15) is 9.90 Å². The highest BCUT2D eigenvalue weighted by molar-refractivity contribution is 5.71. The number of imidazole rings is 1. The van der Waals surface area contributed by atoms with Gasteiger partial charge in [-0.15, -0.1) is 0 Å². The van der Waals surface area contributed by atoms with E-state index in [1.54, 1.807) is 13.4 Å². The van der Waals surface area contributed by atoms with Crippen molar-refractivity contribution in [2.75, 3.05) is 19.5 Å². The average Bonchev–Trinajstić information content (AvgIpc) is 3.56. The van der Waals surface area contributed by atoms with Gasteiger partial charge in [-0.25, -0.2) is 4.98 Å². The van der Waals surface area contributed by atoms with Crippen LogP contribution in [0.4, 0.5) is 5.95 Å². The van der Waals surface area contributed by atoms with Gasteiger partial charge in [0.1, 0.15) is 5.60 Å². The third-order valence-corrected chi connectivity index (χ3v) is 7.94. The molecule has 0 aliphatic heterocycles. The molecule has 9 nitrogen and oxygen atoms in total. The van der Waals surface area contributed by atoms with E-state index >= 15 is 0 Å². The number of anilines is 1. The number of H-pyrrole nitrogens is 1. The lowest BCUT2D eigenvalue weighted by molar-refractivity contribution is -0.0387. The summed E-state index contributed by atoms with van der Waals surface area (Å²) in [5.41, 5.74) is 7.06. The number of aromatic amines is 1. The molecular formula is C31H31N5O4. The van der Waals surface area contributed by atoms with Gasteiger partial charge < -0.3 is 24.9 Å². The Labute approximate surface area is 231 Å². The van der Waals surface area contributed by atoms with Crippen molar-refractivity contribution in [3.05, 3.63) is 124 Å². The highest BCUT2D eigenvalue weighted by Crippen LogP contribution is 2.45. The second kappa shape index (κ2) is 10.3. The van der Waals surface area contributed by atoms with Crippen molar-refractivity contribution in [1.29, 1.82) is 0 Å². The largest absolute Gasteiger partial charge is 0.390 e. The third kappa shape index (κ3) is 4.28. The van der Waals surface area contributed by atoms with E-state index in [2.05, 4.69) is 51.4 Å². The summed E-state index contributed by atoms with van der Waals surface area (Å²) in [7, 11) is 1.58. The molecule has 1 fully saturated rings. The number of aliphatic hydroxyl groups is 1. The summed E-state index contributed by atoms with van der Waals surface area (Å²) in [6.07, 6.45) is 1.10. The van der Waals surface area contributed by atoms with Crippen molar-refractivity contribution in [2.45, 2.75) is 36.2 Å². The Bertz CT molecular complexity index is 1560. The SMILES string of the molecule is CO[C@@H]1C[C@](COC(c2ccccc2)(c2ccccc2)c2ccccc2)(n2cnc3c(=O)[nH]c(N)nc32)C[C@@H]1O. The van der Waals surface area contributed by atoms with Crippen LogP contribution in [0, 0.1) is 0 Å². The molecule has 0 bridgehead atoms. The minimum Gasteiger partial charge on any atom is -0.390 e. The minimum absolute atomic E-state index is 0.00985. The fourth-order valence-electron chi connectivity index (χ4n) is 6.02. The third-order valence-electron chi connectivity index (χ3n) is 7.94. The van der Waals surface area contributed by atoms with E-state index in [1.807, 2.05) is 59.2 Å². The van der Waals surface area contributed by atoms with E-state index in [4.69, 9.17) is 15.2 Å². The van der Waals surface area contributed by atoms with Crippen LogP contribution in [0.2, 0.25) is 0 Å². The molecule has 1 aliphatic rings. The molecule has 40 heavy (non-hydrogen) atoms. The van der Waals surface area contributed by atoms with Crippen molar-refractivity contribution in [2.24, 2.45) is 0 Å². The molecule has 9 heteroatoms. The molecule has 0 saturated heterocycles. The monoisotopic (exact) mass is 537 g/mol. The normalized spacial score (nSPS) is 21.1. The van der Waals surface area contributed by atoms with Crippen molar-refractivity contribution >= 4 is 17.1 Å². The number of benzene rings is 3. The van der Waals surface area contributed by atoms with Gasteiger partial charge in [-0.05, 0) is 16.7 Å². The molecule has 5 aromatic rings.